The lowest BCUT2D eigenvalue weighted by atomic mass is 9.49. The van der Waals surface area contributed by atoms with Crippen LogP contribution >= 0.6 is 0 Å². The second-order valence-electron chi connectivity index (χ2n) is 10.3. The van der Waals surface area contributed by atoms with Gasteiger partial charge in [0.15, 0.2) is 0 Å². The monoisotopic (exact) mass is 416 g/mol. The van der Waals surface area contributed by atoms with Gasteiger partial charge in [-0.25, -0.2) is 8.78 Å². The van der Waals surface area contributed by atoms with Crippen molar-refractivity contribution in [2.24, 2.45) is 23.2 Å². The highest BCUT2D eigenvalue weighted by atomic mass is 19.1. The van der Waals surface area contributed by atoms with Crippen LogP contribution < -0.4 is 5.32 Å². The van der Waals surface area contributed by atoms with Crippen molar-refractivity contribution < 1.29 is 18.4 Å². The third-order valence-electron chi connectivity index (χ3n) is 8.10. The van der Waals surface area contributed by atoms with Crippen LogP contribution in [0, 0.1) is 34.8 Å². The summed E-state index contributed by atoms with van der Waals surface area (Å²) in [5.41, 5.74) is -0.00606. The summed E-state index contributed by atoms with van der Waals surface area (Å²) in [6.45, 7) is 2.31. The van der Waals surface area contributed by atoms with E-state index in [4.69, 9.17) is 0 Å². The smallest absolute Gasteiger partial charge is 0.243 e. The molecule has 1 heterocycles. The SMILES string of the molecule is CC(NC(=O)C1CCCN1C(=O)C12CC3CC(CC(C3)C1)C2)c1ccc(F)cc1F. The number of halogens is 2. The van der Waals surface area contributed by atoms with E-state index in [0.29, 0.717) is 30.7 Å². The molecule has 4 saturated carbocycles. The Hall–Kier alpha value is -1.98. The average molecular weight is 417 g/mol. The molecule has 4 nitrogen and oxygen atoms in total. The summed E-state index contributed by atoms with van der Waals surface area (Å²) in [4.78, 5) is 28.6. The summed E-state index contributed by atoms with van der Waals surface area (Å²) >= 11 is 0. The van der Waals surface area contributed by atoms with E-state index >= 15 is 0 Å². The van der Waals surface area contributed by atoms with E-state index in [0.717, 1.165) is 31.7 Å². The maximum Gasteiger partial charge on any atom is 0.243 e. The number of nitrogens with zero attached hydrogens (tertiary/aromatic N) is 1. The molecule has 1 aromatic rings. The Balaban J connectivity index is 1.30. The zero-order chi connectivity index (χ0) is 21.0. The minimum Gasteiger partial charge on any atom is -0.348 e. The van der Waals surface area contributed by atoms with Gasteiger partial charge in [0.05, 0.1) is 11.5 Å². The van der Waals surface area contributed by atoms with Gasteiger partial charge < -0.3 is 10.2 Å². The predicted octanol–water partition coefficient (Wildman–Crippen LogP) is 4.35. The molecular weight excluding hydrogens is 386 g/mol. The standard InChI is InChI=1S/C24H30F2N2O2/c1-14(19-5-4-18(25)10-20(19)26)27-22(29)21-3-2-6-28(21)23(30)24-11-15-7-16(12-24)9-17(8-15)13-24/h4-5,10,14-17,21H,2-3,6-9,11-13H2,1H3,(H,27,29). The molecule has 0 radical (unpaired) electrons. The van der Waals surface area contributed by atoms with Crippen LogP contribution in [0.2, 0.25) is 0 Å². The normalized spacial score (nSPS) is 35.5. The van der Waals surface area contributed by atoms with E-state index in [1.54, 1.807) is 6.92 Å². The van der Waals surface area contributed by atoms with Crippen molar-refractivity contribution in [2.75, 3.05) is 6.54 Å². The Kier molecular flexibility index (Phi) is 4.86. The molecule has 162 valence electrons. The van der Waals surface area contributed by atoms with Crippen LogP contribution in [0.5, 0.6) is 0 Å². The molecule has 6 heteroatoms. The van der Waals surface area contributed by atoms with Crippen molar-refractivity contribution in [1.29, 1.82) is 0 Å². The van der Waals surface area contributed by atoms with Gasteiger partial charge in [-0.05, 0) is 82.1 Å². The molecule has 1 aromatic carbocycles. The number of amides is 2. The number of hydrogen-bond acceptors (Lipinski definition) is 2. The third kappa shape index (κ3) is 3.32. The van der Waals surface area contributed by atoms with Crippen LogP contribution in [-0.4, -0.2) is 29.3 Å². The van der Waals surface area contributed by atoms with Crippen molar-refractivity contribution in [3.63, 3.8) is 0 Å². The van der Waals surface area contributed by atoms with E-state index in [-0.39, 0.29) is 22.8 Å². The molecule has 5 fully saturated rings. The van der Waals surface area contributed by atoms with Crippen LogP contribution in [0.25, 0.3) is 0 Å². The number of carbonyl (C=O) groups is 2. The molecule has 4 bridgehead atoms. The minimum absolute atomic E-state index is 0.180. The van der Waals surface area contributed by atoms with Crippen LogP contribution in [-0.2, 0) is 9.59 Å². The molecule has 2 amide bonds. The van der Waals surface area contributed by atoms with Crippen molar-refractivity contribution in [3.05, 3.63) is 35.4 Å². The second kappa shape index (κ2) is 7.31. The van der Waals surface area contributed by atoms with Crippen molar-refractivity contribution in [1.82, 2.24) is 10.2 Å². The van der Waals surface area contributed by atoms with Crippen molar-refractivity contribution >= 4 is 11.8 Å². The first-order valence-corrected chi connectivity index (χ1v) is 11.4. The second-order valence-corrected chi connectivity index (χ2v) is 10.3. The van der Waals surface area contributed by atoms with Gasteiger partial charge in [-0.1, -0.05) is 6.07 Å². The third-order valence-corrected chi connectivity index (χ3v) is 8.10. The first-order chi connectivity index (χ1) is 14.3. The van der Waals surface area contributed by atoms with E-state index in [2.05, 4.69) is 5.32 Å². The summed E-state index contributed by atoms with van der Waals surface area (Å²) in [5, 5.41) is 2.86. The molecular formula is C24H30F2N2O2. The fourth-order valence-electron chi connectivity index (χ4n) is 7.20. The molecule has 5 aliphatic rings. The van der Waals surface area contributed by atoms with Crippen LogP contribution in [0.4, 0.5) is 8.78 Å². The summed E-state index contributed by atoms with van der Waals surface area (Å²) in [6.07, 6.45) is 8.24. The maximum atomic E-state index is 14.1. The lowest BCUT2D eigenvalue weighted by molar-refractivity contribution is -0.160. The average Bonchev–Trinajstić information content (AvgIpc) is 3.16. The number of carbonyl (C=O) groups excluding carboxylic acids is 2. The summed E-state index contributed by atoms with van der Waals surface area (Å²) in [5.74, 6) is 0.667. The predicted molar refractivity (Wildman–Crippen MR) is 108 cm³/mol. The highest BCUT2D eigenvalue weighted by molar-refractivity contribution is 5.91. The van der Waals surface area contributed by atoms with E-state index < -0.39 is 23.7 Å². The number of rotatable bonds is 4. The summed E-state index contributed by atoms with van der Waals surface area (Å²) in [7, 11) is 0. The van der Waals surface area contributed by atoms with Gasteiger partial charge in [-0.15, -0.1) is 0 Å². The van der Waals surface area contributed by atoms with Gasteiger partial charge in [-0.2, -0.15) is 0 Å². The van der Waals surface area contributed by atoms with Crippen LogP contribution in [0.3, 0.4) is 0 Å². The Labute approximate surface area is 176 Å². The minimum atomic E-state index is -0.671. The lowest BCUT2D eigenvalue weighted by Gasteiger charge is -2.56. The largest absolute Gasteiger partial charge is 0.348 e. The highest BCUT2D eigenvalue weighted by Crippen LogP contribution is 2.60. The fraction of sp³-hybridized carbons (Fsp3) is 0.667. The topological polar surface area (TPSA) is 49.4 Å². The number of benzene rings is 1. The summed E-state index contributed by atoms with van der Waals surface area (Å²) < 4.78 is 27.3. The van der Waals surface area contributed by atoms with Crippen molar-refractivity contribution in [2.45, 2.75) is 70.4 Å². The first-order valence-electron chi connectivity index (χ1n) is 11.4. The lowest BCUT2D eigenvalue weighted by Crippen LogP contribution is -2.57. The Bertz CT molecular complexity index is 835. The fourth-order valence-corrected chi connectivity index (χ4v) is 7.20. The molecule has 0 spiro atoms. The molecule has 4 aliphatic carbocycles. The number of nitrogens with one attached hydrogen (secondary N) is 1. The molecule has 0 aromatic heterocycles. The molecule has 1 saturated heterocycles. The van der Waals surface area contributed by atoms with Crippen molar-refractivity contribution in [3.8, 4) is 0 Å². The Morgan fingerprint density at radius 3 is 2.33 bits per heavy atom. The van der Waals surface area contributed by atoms with Gasteiger partial charge in [0, 0.05) is 18.2 Å². The van der Waals surface area contributed by atoms with Gasteiger partial charge in [0.2, 0.25) is 11.8 Å². The molecule has 6 rings (SSSR count). The molecule has 30 heavy (non-hydrogen) atoms. The van der Waals surface area contributed by atoms with E-state index in [1.807, 2.05) is 4.90 Å². The summed E-state index contributed by atoms with van der Waals surface area (Å²) in [6, 6.07) is 2.31. The van der Waals surface area contributed by atoms with Gasteiger partial charge in [0.25, 0.3) is 0 Å². The van der Waals surface area contributed by atoms with E-state index in [9.17, 15) is 18.4 Å². The zero-order valence-electron chi connectivity index (χ0n) is 17.5. The molecule has 2 unspecified atom stereocenters. The van der Waals surface area contributed by atoms with Gasteiger partial charge in [0.1, 0.15) is 17.7 Å². The van der Waals surface area contributed by atoms with Crippen LogP contribution in [0.1, 0.15) is 69.9 Å². The highest BCUT2D eigenvalue weighted by Gasteiger charge is 2.56. The molecule has 1 aliphatic heterocycles. The first kappa shape index (κ1) is 20.0. The maximum absolute atomic E-state index is 14.1. The Morgan fingerprint density at radius 2 is 1.73 bits per heavy atom. The van der Waals surface area contributed by atoms with Gasteiger partial charge >= 0.3 is 0 Å². The van der Waals surface area contributed by atoms with E-state index in [1.165, 1.54) is 31.4 Å². The number of likely N-dealkylation sites (tertiary alicyclic amines) is 1. The molecule has 2 atom stereocenters. The van der Waals surface area contributed by atoms with Crippen LogP contribution in [0.15, 0.2) is 18.2 Å². The zero-order valence-corrected chi connectivity index (χ0v) is 17.5. The van der Waals surface area contributed by atoms with Gasteiger partial charge in [-0.3, -0.25) is 9.59 Å². The number of hydrogen-bond donors (Lipinski definition) is 1. The molecule has 1 N–H and O–H groups in total. The Morgan fingerprint density at radius 1 is 1.10 bits per heavy atom. The quantitative estimate of drug-likeness (QED) is 0.793.